The molecular weight excluding hydrogens is 295 g/mol. The highest BCUT2D eigenvalue weighted by Gasteiger charge is 2.37. The van der Waals surface area contributed by atoms with Crippen LogP contribution in [0.3, 0.4) is 0 Å². The fourth-order valence-corrected chi connectivity index (χ4v) is 3.60. The van der Waals surface area contributed by atoms with E-state index in [0.29, 0.717) is 5.41 Å². The topological polar surface area (TPSA) is 41.6 Å². The van der Waals surface area contributed by atoms with Gasteiger partial charge in [-0.05, 0) is 55.7 Å². The van der Waals surface area contributed by atoms with Crippen LogP contribution in [-0.2, 0) is 4.74 Å². The number of likely N-dealkylation sites (tertiary alicyclic amines) is 1. The summed E-state index contributed by atoms with van der Waals surface area (Å²) in [5, 5.41) is 3.02. The molecule has 126 valence electrons. The number of piperidine rings is 1. The number of carbonyl (C=O) groups excluding carboxylic acids is 1. The van der Waals surface area contributed by atoms with Gasteiger partial charge in [-0.2, -0.15) is 0 Å². The second-order valence-electron chi connectivity index (χ2n) is 6.82. The van der Waals surface area contributed by atoms with E-state index in [2.05, 4.69) is 5.32 Å². The summed E-state index contributed by atoms with van der Waals surface area (Å²) in [6.45, 7) is 5.25. The van der Waals surface area contributed by atoms with Crippen LogP contribution in [0.15, 0.2) is 24.3 Å². The highest BCUT2D eigenvalue weighted by atomic mass is 19.1. The molecule has 2 aliphatic rings. The van der Waals surface area contributed by atoms with Gasteiger partial charge in [0.1, 0.15) is 5.82 Å². The fourth-order valence-electron chi connectivity index (χ4n) is 3.60. The lowest BCUT2D eigenvalue weighted by molar-refractivity contribution is -0.0146. The molecule has 0 bridgehead atoms. The van der Waals surface area contributed by atoms with Crippen LogP contribution in [0.4, 0.5) is 9.18 Å². The summed E-state index contributed by atoms with van der Waals surface area (Å²) in [5.74, 6) is -0.259. The molecule has 0 radical (unpaired) electrons. The Bertz CT molecular complexity index is 530. The van der Waals surface area contributed by atoms with Gasteiger partial charge in [0.2, 0.25) is 0 Å². The van der Waals surface area contributed by atoms with Gasteiger partial charge in [0, 0.05) is 26.3 Å². The average molecular weight is 320 g/mol. The minimum absolute atomic E-state index is 0.0243. The molecule has 0 aliphatic carbocycles. The van der Waals surface area contributed by atoms with E-state index >= 15 is 0 Å². The molecule has 1 aromatic carbocycles. The molecule has 2 amide bonds. The molecule has 0 aromatic heterocycles. The third-order valence-electron chi connectivity index (χ3n) is 5.37. The summed E-state index contributed by atoms with van der Waals surface area (Å²) in [7, 11) is 0. The van der Waals surface area contributed by atoms with Crippen LogP contribution in [0.1, 0.15) is 44.2 Å². The number of hydrogen-bond acceptors (Lipinski definition) is 2. The van der Waals surface area contributed by atoms with Crippen molar-refractivity contribution in [1.29, 1.82) is 0 Å². The van der Waals surface area contributed by atoms with E-state index < -0.39 is 0 Å². The number of rotatable bonds is 2. The monoisotopic (exact) mass is 320 g/mol. The molecule has 0 saturated carbocycles. The number of nitrogens with zero attached hydrogens (tertiary/aromatic N) is 1. The molecule has 1 N–H and O–H groups in total. The van der Waals surface area contributed by atoms with Crippen molar-refractivity contribution in [2.24, 2.45) is 5.41 Å². The second kappa shape index (κ2) is 6.87. The first-order valence-corrected chi connectivity index (χ1v) is 8.47. The van der Waals surface area contributed by atoms with Crippen LogP contribution in [0.2, 0.25) is 0 Å². The molecule has 2 aliphatic heterocycles. The number of ether oxygens (including phenoxy) is 1. The van der Waals surface area contributed by atoms with Crippen molar-refractivity contribution in [2.75, 3.05) is 26.3 Å². The average Bonchev–Trinajstić information content (AvgIpc) is 2.56. The number of halogens is 1. The largest absolute Gasteiger partial charge is 0.381 e. The Kier molecular flexibility index (Phi) is 4.85. The zero-order valence-corrected chi connectivity index (χ0v) is 13.7. The van der Waals surface area contributed by atoms with Gasteiger partial charge in [-0.25, -0.2) is 9.18 Å². The zero-order chi connectivity index (χ0) is 16.3. The lowest BCUT2D eigenvalue weighted by Gasteiger charge is -2.44. The van der Waals surface area contributed by atoms with Crippen LogP contribution < -0.4 is 5.32 Å². The summed E-state index contributed by atoms with van der Waals surface area (Å²) in [4.78, 5) is 14.3. The summed E-state index contributed by atoms with van der Waals surface area (Å²) in [6, 6.07) is 6.13. The minimum atomic E-state index is -0.259. The highest BCUT2D eigenvalue weighted by molar-refractivity contribution is 5.74. The van der Waals surface area contributed by atoms with Crippen molar-refractivity contribution in [1.82, 2.24) is 10.2 Å². The van der Waals surface area contributed by atoms with Crippen molar-refractivity contribution in [3.05, 3.63) is 35.6 Å². The van der Waals surface area contributed by atoms with E-state index in [1.807, 2.05) is 11.8 Å². The van der Waals surface area contributed by atoms with Crippen LogP contribution in [0, 0.1) is 11.2 Å². The number of amides is 2. The van der Waals surface area contributed by atoms with Gasteiger partial charge in [-0.1, -0.05) is 12.1 Å². The normalized spacial score (nSPS) is 21.9. The first kappa shape index (κ1) is 16.2. The van der Waals surface area contributed by atoms with Crippen molar-refractivity contribution in [3.8, 4) is 0 Å². The molecule has 4 nitrogen and oxygen atoms in total. The quantitative estimate of drug-likeness (QED) is 0.906. The first-order valence-electron chi connectivity index (χ1n) is 8.47. The Morgan fingerprint density at radius 1 is 1.17 bits per heavy atom. The molecule has 23 heavy (non-hydrogen) atoms. The van der Waals surface area contributed by atoms with E-state index in [1.54, 1.807) is 12.1 Å². The van der Waals surface area contributed by atoms with E-state index in [9.17, 15) is 9.18 Å². The van der Waals surface area contributed by atoms with Gasteiger partial charge >= 0.3 is 6.03 Å². The number of carbonyl (C=O) groups is 1. The maximum atomic E-state index is 13.0. The second-order valence-corrected chi connectivity index (χ2v) is 6.82. The highest BCUT2D eigenvalue weighted by Crippen LogP contribution is 2.40. The maximum Gasteiger partial charge on any atom is 0.317 e. The molecular formula is C18H25FN2O2. The van der Waals surface area contributed by atoms with Crippen LogP contribution in [0.5, 0.6) is 0 Å². The van der Waals surface area contributed by atoms with Gasteiger partial charge in [0.25, 0.3) is 0 Å². The molecule has 2 saturated heterocycles. The Morgan fingerprint density at radius 3 is 2.39 bits per heavy atom. The van der Waals surface area contributed by atoms with Crippen LogP contribution in [0.25, 0.3) is 0 Å². The van der Waals surface area contributed by atoms with Crippen molar-refractivity contribution >= 4 is 6.03 Å². The van der Waals surface area contributed by atoms with Gasteiger partial charge in [-0.15, -0.1) is 0 Å². The van der Waals surface area contributed by atoms with Crippen LogP contribution in [-0.4, -0.2) is 37.2 Å². The first-order chi connectivity index (χ1) is 11.1. The summed E-state index contributed by atoms with van der Waals surface area (Å²) < 4.78 is 18.4. The Morgan fingerprint density at radius 2 is 1.78 bits per heavy atom. The van der Waals surface area contributed by atoms with Gasteiger partial charge in [0.05, 0.1) is 6.04 Å². The standard InChI is InChI=1S/C18H25FN2O2/c1-14(15-2-4-16(19)5-3-15)20-17(22)21-10-6-18(7-11-21)8-12-23-13-9-18/h2-5,14H,6-13H2,1H3,(H,20,22)/t14-/m1/s1. The van der Waals surface area contributed by atoms with Gasteiger partial charge < -0.3 is 15.0 Å². The predicted molar refractivity (Wildman–Crippen MR) is 86.6 cm³/mol. The predicted octanol–water partition coefficient (Wildman–Crippen LogP) is 3.49. The number of hydrogen-bond donors (Lipinski definition) is 1. The van der Waals surface area contributed by atoms with E-state index in [0.717, 1.165) is 57.6 Å². The molecule has 1 spiro atoms. The fraction of sp³-hybridized carbons (Fsp3) is 0.611. The lowest BCUT2D eigenvalue weighted by atomic mass is 9.72. The van der Waals surface area contributed by atoms with Gasteiger partial charge in [0.15, 0.2) is 0 Å². The minimum Gasteiger partial charge on any atom is -0.381 e. The smallest absolute Gasteiger partial charge is 0.317 e. The Labute approximate surface area is 137 Å². The van der Waals surface area contributed by atoms with Crippen molar-refractivity contribution in [3.63, 3.8) is 0 Å². The SMILES string of the molecule is C[C@@H](NC(=O)N1CCC2(CCOCC2)CC1)c1ccc(F)cc1. The number of urea groups is 1. The Hall–Kier alpha value is -1.62. The molecule has 2 fully saturated rings. The molecule has 1 atom stereocenters. The van der Waals surface area contributed by atoms with E-state index in [4.69, 9.17) is 4.74 Å². The molecule has 5 heteroatoms. The Balaban J connectivity index is 1.52. The summed E-state index contributed by atoms with van der Waals surface area (Å²) in [5.41, 5.74) is 1.30. The van der Waals surface area contributed by atoms with E-state index in [1.165, 1.54) is 12.1 Å². The van der Waals surface area contributed by atoms with Crippen LogP contribution >= 0.6 is 0 Å². The maximum absolute atomic E-state index is 13.0. The molecule has 2 heterocycles. The van der Waals surface area contributed by atoms with Crippen molar-refractivity contribution in [2.45, 2.75) is 38.6 Å². The molecule has 0 unspecified atom stereocenters. The van der Waals surface area contributed by atoms with Crippen molar-refractivity contribution < 1.29 is 13.9 Å². The van der Waals surface area contributed by atoms with E-state index in [-0.39, 0.29) is 17.9 Å². The number of nitrogens with one attached hydrogen (secondary N) is 1. The summed E-state index contributed by atoms with van der Waals surface area (Å²) >= 11 is 0. The van der Waals surface area contributed by atoms with Gasteiger partial charge in [-0.3, -0.25) is 0 Å². The molecule has 3 rings (SSSR count). The zero-order valence-electron chi connectivity index (χ0n) is 13.7. The molecule has 1 aromatic rings. The third-order valence-corrected chi connectivity index (χ3v) is 5.37. The number of benzene rings is 1. The summed E-state index contributed by atoms with van der Waals surface area (Å²) in [6.07, 6.45) is 4.37. The lowest BCUT2D eigenvalue weighted by Crippen LogP contribution is -2.49. The third kappa shape index (κ3) is 3.83.